The molecule has 15 heavy (non-hydrogen) atoms. The van der Waals surface area contributed by atoms with E-state index in [1.54, 1.807) is 7.11 Å². The molecule has 0 aliphatic heterocycles. The number of rotatable bonds is 8. The molecule has 90 valence electrons. The van der Waals surface area contributed by atoms with E-state index in [4.69, 9.17) is 9.84 Å². The van der Waals surface area contributed by atoms with Gasteiger partial charge >= 0.3 is 0 Å². The SMILES string of the molecule is CCN(CCO)C(C)C(=O)NCCOC. The van der Waals surface area contributed by atoms with Crippen molar-refractivity contribution in [2.24, 2.45) is 0 Å². The first-order valence-corrected chi connectivity index (χ1v) is 5.28. The quantitative estimate of drug-likeness (QED) is 0.537. The molecule has 0 aromatic rings. The van der Waals surface area contributed by atoms with Crippen LogP contribution in [0.25, 0.3) is 0 Å². The number of amides is 1. The maximum atomic E-state index is 11.6. The molecule has 0 radical (unpaired) electrons. The molecule has 0 aliphatic carbocycles. The van der Waals surface area contributed by atoms with Crippen LogP contribution in [-0.4, -0.2) is 61.9 Å². The van der Waals surface area contributed by atoms with Crippen LogP contribution >= 0.6 is 0 Å². The van der Waals surface area contributed by atoms with Gasteiger partial charge in [-0.2, -0.15) is 0 Å². The second-order valence-corrected chi connectivity index (χ2v) is 3.31. The third kappa shape index (κ3) is 5.71. The maximum Gasteiger partial charge on any atom is 0.237 e. The van der Waals surface area contributed by atoms with Crippen molar-refractivity contribution in [3.05, 3.63) is 0 Å². The number of hydrogen-bond acceptors (Lipinski definition) is 4. The van der Waals surface area contributed by atoms with Crippen LogP contribution in [-0.2, 0) is 9.53 Å². The fourth-order valence-electron chi connectivity index (χ4n) is 1.34. The third-order valence-electron chi connectivity index (χ3n) is 2.33. The summed E-state index contributed by atoms with van der Waals surface area (Å²) in [4.78, 5) is 13.5. The Bertz CT molecular complexity index is 176. The Morgan fingerprint density at radius 1 is 1.60 bits per heavy atom. The number of carbonyl (C=O) groups is 1. The molecule has 2 N–H and O–H groups in total. The second kappa shape index (κ2) is 8.64. The summed E-state index contributed by atoms with van der Waals surface area (Å²) < 4.78 is 4.84. The molecule has 0 aromatic carbocycles. The summed E-state index contributed by atoms with van der Waals surface area (Å²) >= 11 is 0. The van der Waals surface area contributed by atoms with Gasteiger partial charge in [-0.05, 0) is 13.5 Å². The Kier molecular flexibility index (Phi) is 8.27. The van der Waals surface area contributed by atoms with Gasteiger partial charge < -0.3 is 15.2 Å². The minimum atomic E-state index is -0.209. The zero-order valence-electron chi connectivity index (χ0n) is 9.82. The largest absolute Gasteiger partial charge is 0.395 e. The highest BCUT2D eigenvalue weighted by Crippen LogP contribution is 1.97. The van der Waals surface area contributed by atoms with Crippen molar-refractivity contribution in [2.75, 3.05) is 40.0 Å². The van der Waals surface area contributed by atoms with Gasteiger partial charge in [0.25, 0.3) is 0 Å². The van der Waals surface area contributed by atoms with Gasteiger partial charge in [0.2, 0.25) is 5.91 Å². The lowest BCUT2D eigenvalue weighted by Gasteiger charge is -2.25. The summed E-state index contributed by atoms with van der Waals surface area (Å²) in [6.45, 7) is 6.19. The van der Waals surface area contributed by atoms with E-state index in [2.05, 4.69) is 5.32 Å². The average molecular weight is 218 g/mol. The highest BCUT2D eigenvalue weighted by Gasteiger charge is 2.18. The lowest BCUT2D eigenvalue weighted by Crippen LogP contribution is -2.46. The number of aliphatic hydroxyl groups is 1. The molecule has 5 heteroatoms. The third-order valence-corrected chi connectivity index (χ3v) is 2.33. The molecule has 0 heterocycles. The summed E-state index contributed by atoms with van der Waals surface area (Å²) in [7, 11) is 1.60. The van der Waals surface area contributed by atoms with Crippen molar-refractivity contribution in [2.45, 2.75) is 19.9 Å². The predicted octanol–water partition coefficient (Wildman–Crippen LogP) is -0.548. The van der Waals surface area contributed by atoms with Gasteiger partial charge in [0, 0.05) is 20.2 Å². The molecule has 1 atom stereocenters. The summed E-state index contributed by atoms with van der Waals surface area (Å²) in [5.74, 6) is -0.0256. The smallest absolute Gasteiger partial charge is 0.237 e. The number of likely N-dealkylation sites (N-methyl/N-ethyl adjacent to an activating group) is 1. The van der Waals surface area contributed by atoms with Gasteiger partial charge in [0.15, 0.2) is 0 Å². The van der Waals surface area contributed by atoms with Crippen LogP contribution in [0.2, 0.25) is 0 Å². The Morgan fingerprint density at radius 2 is 2.27 bits per heavy atom. The minimum Gasteiger partial charge on any atom is -0.395 e. The molecular formula is C10H22N2O3. The second-order valence-electron chi connectivity index (χ2n) is 3.31. The molecule has 0 fully saturated rings. The standard InChI is InChI=1S/C10H22N2O3/c1-4-12(6-7-13)9(2)10(14)11-5-8-15-3/h9,13H,4-8H2,1-3H3,(H,11,14). The van der Waals surface area contributed by atoms with Crippen LogP contribution in [0.5, 0.6) is 0 Å². The van der Waals surface area contributed by atoms with Gasteiger partial charge in [-0.25, -0.2) is 0 Å². The summed E-state index contributed by atoms with van der Waals surface area (Å²) in [5, 5.41) is 11.6. The fourth-order valence-corrected chi connectivity index (χ4v) is 1.34. The van der Waals surface area contributed by atoms with Crippen LogP contribution in [0.15, 0.2) is 0 Å². The van der Waals surface area contributed by atoms with Gasteiger partial charge in [0.05, 0.1) is 19.3 Å². The Morgan fingerprint density at radius 3 is 2.73 bits per heavy atom. The summed E-state index contributed by atoms with van der Waals surface area (Å²) in [6.07, 6.45) is 0. The number of carbonyl (C=O) groups excluding carboxylic acids is 1. The lowest BCUT2D eigenvalue weighted by atomic mass is 10.2. The van der Waals surface area contributed by atoms with Gasteiger partial charge in [0.1, 0.15) is 0 Å². The molecular weight excluding hydrogens is 196 g/mol. The number of hydrogen-bond donors (Lipinski definition) is 2. The van der Waals surface area contributed by atoms with E-state index in [9.17, 15) is 4.79 Å². The van der Waals surface area contributed by atoms with Crippen molar-refractivity contribution < 1.29 is 14.6 Å². The van der Waals surface area contributed by atoms with E-state index in [-0.39, 0.29) is 18.6 Å². The lowest BCUT2D eigenvalue weighted by molar-refractivity contribution is -0.126. The summed E-state index contributed by atoms with van der Waals surface area (Å²) in [5.41, 5.74) is 0. The number of aliphatic hydroxyl groups excluding tert-OH is 1. The fraction of sp³-hybridized carbons (Fsp3) is 0.900. The highest BCUT2D eigenvalue weighted by molar-refractivity contribution is 5.81. The number of ether oxygens (including phenoxy) is 1. The van der Waals surface area contributed by atoms with Gasteiger partial charge in [-0.1, -0.05) is 6.92 Å². The molecule has 0 bridgehead atoms. The van der Waals surface area contributed by atoms with E-state index in [0.717, 1.165) is 6.54 Å². The van der Waals surface area contributed by atoms with E-state index in [1.807, 2.05) is 18.7 Å². The predicted molar refractivity (Wildman–Crippen MR) is 58.7 cm³/mol. The number of nitrogens with one attached hydrogen (secondary N) is 1. The van der Waals surface area contributed by atoms with E-state index < -0.39 is 0 Å². The molecule has 5 nitrogen and oxygen atoms in total. The first-order chi connectivity index (χ1) is 7.17. The maximum absolute atomic E-state index is 11.6. The van der Waals surface area contributed by atoms with Crippen molar-refractivity contribution in [3.63, 3.8) is 0 Å². The van der Waals surface area contributed by atoms with Gasteiger partial charge in [-0.3, -0.25) is 9.69 Å². The molecule has 0 aliphatic rings. The van der Waals surface area contributed by atoms with Gasteiger partial charge in [-0.15, -0.1) is 0 Å². The van der Waals surface area contributed by atoms with Crippen LogP contribution in [0, 0.1) is 0 Å². The Balaban J connectivity index is 3.92. The molecule has 1 amide bonds. The molecule has 1 unspecified atom stereocenters. The molecule has 0 saturated heterocycles. The Hall–Kier alpha value is -0.650. The number of nitrogens with zero attached hydrogens (tertiary/aromatic N) is 1. The van der Waals surface area contributed by atoms with Crippen LogP contribution in [0.3, 0.4) is 0 Å². The van der Waals surface area contributed by atoms with E-state index >= 15 is 0 Å². The van der Waals surface area contributed by atoms with Crippen LogP contribution < -0.4 is 5.32 Å². The highest BCUT2D eigenvalue weighted by atomic mass is 16.5. The van der Waals surface area contributed by atoms with Crippen LogP contribution in [0.4, 0.5) is 0 Å². The molecule has 0 spiro atoms. The average Bonchev–Trinajstić information content (AvgIpc) is 2.25. The molecule has 0 aromatic heterocycles. The summed E-state index contributed by atoms with van der Waals surface area (Å²) in [6, 6.07) is -0.209. The first-order valence-electron chi connectivity index (χ1n) is 5.28. The van der Waals surface area contributed by atoms with Crippen molar-refractivity contribution in [1.29, 1.82) is 0 Å². The molecule has 0 rings (SSSR count). The Labute approximate surface area is 91.4 Å². The van der Waals surface area contributed by atoms with Crippen molar-refractivity contribution in [1.82, 2.24) is 10.2 Å². The zero-order valence-corrected chi connectivity index (χ0v) is 9.82. The number of methoxy groups -OCH3 is 1. The monoisotopic (exact) mass is 218 g/mol. The van der Waals surface area contributed by atoms with Crippen molar-refractivity contribution >= 4 is 5.91 Å². The van der Waals surface area contributed by atoms with Crippen molar-refractivity contribution in [3.8, 4) is 0 Å². The first kappa shape index (κ1) is 14.3. The van der Waals surface area contributed by atoms with E-state index in [1.165, 1.54) is 0 Å². The normalized spacial score (nSPS) is 12.9. The zero-order chi connectivity index (χ0) is 11.7. The minimum absolute atomic E-state index is 0.0256. The van der Waals surface area contributed by atoms with Crippen LogP contribution in [0.1, 0.15) is 13.8 Å². The molecule has 0 saturated carbocycles. The topological polar surface area (TPSA) is 61.8 Å². The van der Waals surface area contributed by atoms with E-state index in [0.29, 0.717) is 19.7 Å².